The van der Waals surface area contributed by atoms with Crippen LogP contribution in [0.5, 0.6) is 0 Å². The monoisotopic (exact) mass is 300 g/mol. The normalized spacial score (nSPS) is 40.2. The maximum absolute atomic E-state index is 12.9. The molecule has 0 radical (unpaired) electrons. The van der Waals surface area contributed by atoms with Crippen LogP contribution in [0.2, 0.25) is 0 Å². The van der Waals surface area contributed by atoms with Crippen molar-refractivity contribution in [2.24, 2.45) is 16.2 Å². The molecule has 4 fully saturated rings. The fourth-order valence-corrected chi connectivity index (χ4v) is 5.68. The van der Waals surface area contributed by atoms with Gasteiger partial charge in [0.05, 0.1) is 11.5 Å². The van der Waals surface area contributed by atoms with Crippen LogP contribution in [0.25, 0.3) is 0 Å². The van der Waals surface area contributed by atoms with Crippen molar-refractivity contribution >= 4 is 5.91 Å². The zero-order valence-corrected chi connectivity index (χ0v) is 14.4. The summed E-state index contributed by atoms with van der Waals surface area (Å²) in [6.07, 6.45) is 9.73. The molecular formula is C19H28N2O. The molecule has 22 heavy (non-hydrogen) atoms. The lowest BCUT2D eigenvalue weighted by molar-refractivity contribution is -0.164. The highest BCUT2D eigenvalue weighted by Crippen LogP contribution is 2.61. The molecule has 2 aliphatic carbocycles. The van der Waals surface area contributed by atoms with E-state index in [1.807, 2.05) is 13.0 Å². The van der Waals surface area contributed by atoms with E-state index in [4.69, 9.17) is 0 Å². The van der Waals surface area contributed by atoms with Gasteiger partial charge in [0.25, 0.3) is 0 Å². The lowest BCUT2D eigenvalue weighted by Crippen LogP contribution is -2.66. The van der Waals surface area contributed by atoms with Gasteiger partial charge in [0, 0.05) is 18.5 Å². The number of carbonyl (C=O) groups is 1. The van der Waals surface area contributed by atoms with Gasteiger partial charge in [0.2, 0.25) is 5.91 Å². The van der Waals surface area contributed by atoms with E-state index in [1.54, 1.807) is 0 Å². The Hall–Kier alpha value is -1.30. The summed E-state index contributed by atoms with van der Waals surface area (Å²) in [4.78, 5) is 15.1. The van der Waals surface area contributed by atoms with E-state index in [2.05, 4.69) is 37.8 Å². The van der Waals surface area contributed by atoms with Crippen molar-refractivity contribution in [1.82, 2.24) is 4.90 Å². The Balaban J connectivity index is 1.81. The number of piperidine rings is 2. The number of hydrogen-bond donors (Lipinski definition) is 0. The van der Waals surface area contributed by atoms with Crippen LogP contribution in [0.15, 0.2) is 12.2 Å². The molecule has 4 aliphatic rings. The SMILES string of the molecule is CC=CC(C)(C)CC(=O)N1C2CC3(C)CC1CC(C#N)(C2)C3. The van der Waals surface area contributed by atoms with Crippen LogP contribution < -0.4 is 0 Å². The smallest absolute Gasteiger partial charge is 0.223 e. The summed E-state index contributed by atoms with van der Waals surface area (Å²) in [5.74, 6) is 0.286. The second-order valence-electron chi connectivity index (χ2n) is 8.97. The fourth-order valence-electron chi connectivity index (χ4n) is 5.68. The van der Waals surface area contributed by atoms with Crippen LogP contribution >= 0.6 is 0 Å². The van der Waals surface area contributed by atoms with Crippen molar-refractivity contribution in [2.75, 3.05) is 0 Å². The number of hydrogen-bond acceptors (Lipinski definition) is 2. The minimum atomic E-state index is -0.157. The predicted molar refractivity (Wildman–Crippen MR) is 86.9 cm³/mol. The van der Waals surface area contributed by atoms with Gasteiger partial charge in [-0.15, -0.1) is 0 Å². The molecule has 2 atom stereocenters. The van der Waals surface area contributed by atoms with E-state index in [1.165, 1.54) is 0 Å². The van der Waals surface area contributed by atoms with E-state index >= 15 is 0 Å². The number of nitrogens with zero attached hydrogens (tertiary/aromatic N) is 2. The summed E-state index contributed by atoms with van der Waals surface area (Å²) >= 11 is 0. The second-order valence-corrected chi connectivity index (χ2v) is 8.97. The van der Waals surface area contributed by atoms with Gasteiger partial charge in [-0.2, -0.15) is 5.26 Å². The summed E-state index contributed by atoms with van der Waals surface area (Å²) in [5.41, 5.74) is 0.0324. The summed E-state index contributed by atoms with van der Waals surface area (Å²) in [6.45, 7) is 8.58. The summed E-state index contributed by atoms with van der Waals surface area (Å²) in [7, 11) is 0. The van der Waals surface area contributed by atoms with Crippen LogP contribution in [0.4, 0.5) is 0 Å². The summed E-state index contributed by atoms with van der Waals surface area (Å²) in [5, 5.41) is 9.66. The fraction of sp³-hybridized carbons (Fsp3) is 0.789. The molecule has 2 unspecified atom stereocenters. The minimum absolute atomic E-state index is 0.0860. The van der Waals surface area contributed by atoms with Crippen molar-refractivity contribution in [1.29, 1.82) is 5.26 Å². The maximum Gasteiger partial charge on any atom is 0.223 e. The Morgan fingerprint density at radius 1 is 1.32 bits per heavy atom. The Morgan fingerprint density at radius 2 is 1.91 bits per heavy atom. The van der Waals surface area contributed by atoms with E-state index in [0.717, 1.165) is 32.1 Å². The molecule has 0 aromatic carbocycles. The summed E-state index contributed by atoms with van der Waals surface area (Å²) in [6, 6.07) is 3.20. The van der Waals surface area contributed by atoms with Crippen LogP contribution in [0, 0.1) is 27.6 Å². The topological polar surface area (TPSA) is 44.1 Å². The number of carbonyl (C=O) groups excluding carboxylic acids is 1. The molecule has 2 saturated carbocycles. The molecule has 3 heteroatoms. The number of allylic oxidation sites excluding steroid dienone is 2. The Bertz CT molecular complexity index is 538. The molecule has 120 valence electrons. The second kappa shape index (κ2) is 4.85. The Morgan fingerprint density at radius 3 is 2.41 bits per heavy atom. The van der Waals surface area contributed by atoms with Gasteiger partial charge >= 0.3 is 0 Å². The minimum Gasteiger partial charge on any atom is -0.337 e. The average Bonchev–Trinajstić information content (AvgIpc) is 2.35. The third kappa shape index (κ3) is 2.47. The predicted octanol–water partition coefficient (Wildman–Crippen LogP) is 4.05. The number of rotatable bonds is 3. The lowest BCUT2D eigenvalue weighted by Gasteiger charge is -2.63. The first-order chi connectivity index (χ1) is 10.2. The molecule has 0 spiro atoms. The van der Waals surface area contributed by atoms with Crippen molar-refractivity contribution in [3.63, 3.8) is 0 Å². The van der Waals surface area contributed by atoms with Crippen LogP contribution in [-0.2, 0) is 4.79 Å². The first-order valence-corrected chi connectivity index (χ1v) is 8.58. The third-order valence-electron chi connectivity index (χ3n) is 6.01. The molecule has 0 aromatic rings. The van der Waals surface area contributed by atoms with Gasteiger partial charge < -0.3 is 4.90 Å². The zero-order chi connectivity index (χ0) is 16.2. The van der Waals surface area contributed by atoms with Crippen molar-refractivity contribution in [3.8, 4) is 6.07 Å². The molecule has 0 N–H and O–H groups in total. The summed E-state index contributed by atoms with van der Waals surface area (Å²) < 4.78 is 0. The van der Waals surface area contributed by atoms with E-state index in [9.17, 15) is 10.1 Å². The van der Waals surface area contributed by atoms with Crippen LogP contribution in [0.1, 0.15) is 66.2 Å². The molecule has 2 aliphatic heterocycles. The van der Waals surface area contributed by atoms with Crippen molar-refractivity contribution in [3.05, 3.63) is 12.2 Å². The molecule has 3 nitrogen and oxygen atoms in total. The molecular weight excluding hydrogens is 272 g/mol. The largest absolute Gasteiger partial charge is 0.337 e. The number of nitriles is 1. The molecule has 4 bridgehead atoms. The molecule has 2 saturated heterocycles. The van der Waals surface area contributed by atoms with Crippen LogP contribution in [-0.4, -0.2) is 22.9 Å². The number of amides is 1. The van der Waals surface area contributed by atoms with Gasteiger partial charge in [-0.25, -0.2) is 0 Å². The highest BCUT2D eigenvalue weighted by Gasteiger charge is 2.60. The first kappa shape index (κ1) is 15.6. The van der Waals surface area contributed by atoms with Gasteiger partial charge in [-0.1, -0.05) is 32.9 Å². The Labute approximate surface area is 134 Å². The lowest BCUT2D eigenvalue weighted by atomic mass is 9.50. The standard InChI is InChI=1S/C19H28N2O/c1-5-6-17(2,3)11-16(22)21-14-7-18(4)8-15(21)10-19(9-14,12-18)13-20/h5-6,14-15H,7-12H2,1-4H3. The van der Waals surface area contributed by atoms with Crippen molar-refractivity contribution < 1.29 is 4.79 Å². The van der Waals surface area contributed by atoms with Gasteiger partial charge in [-0.3, -0.25) is 4.79 Å². The maximum atomic E-state index is 12.9. The van der Waals surface area contributed by atoms with Crippen molar-refractivity contribution in [2.45, 2.75) is 78.3 Å². The zero-order valence-electron chi connectivity index (χ0n) is 14.4. The third-order valence-corrected chi connectivity index (χ3v) is 6.01. The quantitative estimate of drug-likeness (QED) is 0.738. The molecule has 1 amide bonds. The molecule has 2 heterocycles. The highest BCUT2D eigenvalue weighted by molar-refractivity contribution is 5.78. The molecule has 0 aromatic heterocycles. The van der Waals surface area contributed by atoms with E-state index in [0.29, 0.717) is 18.5 Å². The van der Waals surface area contributed by atoms with E-state index < -0.39 is 0 Å². The van der Waals surface area contributed by atoms with Gasteiger partial charge in [0.15, 0.2) is 0 Å². The molecule has 4 rings (SSSR count). The highest BCUT2D eigenvalue weighted by atomic mass is 16.2. The Kier molecular flexibility index (Phi) is 3.43. The first-order valence-electron chi connectivity index (χ1n) is 8.58. The van der Waals surface area contributed by atoms with Gasteiger partial charge in [-0.05, 0) is 49.9 Å². The van der Waals surface area contributed by atoms with E-state index in [-0.39, 0.29) is 22.2 Å². The van der Waals surface area contributed by atoms with Crippen LogP contribution in [0.3, 0.4) is 0 Å². The average molecular weight is 300 g/mol. The van der Waals surface area contributed by atoms with Gasteiger partial charge in [0.1, 0.15) is 0 Å².